The molecule has 1 saturated heterocycles. The van der Waals surface area contributed by atoms with Gasteiger partial charge in [-0.2, -0.15) is 5.10 Å². The van der Waals surface area contributed by atoms with Crippen molar-refractivity contribution in [2.75, 3.05) is 13.7 Å². The second-order valence-corrected chi connectivity index (χ2v) is 6.80. The summed E-state index contributed by atoms with van der Waals surface area (Å²) >= 11 is 0. The van der Waals surface area contributed by atoms with Gasteiger partial charge in [0, 0.05) is 19.7 Å². The summed E-state index contributed by atoms with van der Waals surface area (Å²) in [5.74, 6) is -1.09. The summed E-state index contributed by atoms with van der Waals surface area (Å²) in [5, 5.41) is 13.6. The SMILES string of the molecule is CCCc1c(C(=O)N2CC(OC)CC2CC(=O)O)cnn1-c1ccccc1. The van der Waals surface area contributed by atoms with E-state index in [9.17, 15) is 14.7 Å². The zero-order chi connectivity index (χ0) is 19.4. The zero-order valence-electron chi connectivity index (χ0n) is 15.7. The molecule has 27 heavy (non-hydrogen) atoms. The van der Waals surface area contributed by atoms with Gasteiger partial charge in [0.1, 0.15) is 0 Å². The van der Waals surface area contributed by atoms with Crippen molar-refractivity contribution in [2.45, 2.75) is 44.8 Å². The fourth-order valence-corrected chi connectivity index (χ4v) is 3.66. The summed E-state index contributed by atoms with van der Waals surface area (Å²) in [7, 11) is 1.59. The molecule has 1 aromatic heterocycles. The van der Waals surface area contributed by atoms with Gasteiger partial charge >= 0.3 is 5.97 Å². The number of amides is 1. The van der Waals surface area contributed by atoms with Gasteiger partial charge in [0.05, 0.1) is 35.7 Å². The summed E-state index contributed by atoms with van der Waals surface area (Å²) in [6, 6.07) is 9.33. The van der Waals surface area contributed by atoms with Crippen molar-refractivity contribution in [3.8, 4) is 5.69 Å². The standard InChI is InChI=1S/C20H25N3O4/c1-3-7-18-17(12-21-23(18)14-8-5-4-6-9-14)20(26)22-13-16(27-2)10-15(22)11-19(24)25/h4-6,8-9,12,15-16H,3,7,10-11,13H2,1-2H3,(H,24,25). The van der Waals surface area contributed by atoms with Crippen molar-refractivity contribution in [3.05, 3.63) is 47.8 Å². The number of hydrogen-bond acceptors (Lipinski definition) is 4. The van der Waals surface area contributed by atoms with E-state index in [0.29, 0.717) is 24.9 Å². The number of aliphatic carboxylic acids is 1. The van der Waals surface area contributed by atoms with Crippen LogP contribution in [0.2, 0.25) is 0 Å². The average Bonchev–Trinajstić information content (AvgIpc) is 3.26. The molecule has 2 unspecified atom stereocenters. The number of carbonyl (C=O) groups excluding carboxylic acids is 1. The second kappa shape index (κ2) is 8.35. The van der Waals surface area contributed by atoms with E-state index in [-0.39, 0.29) is 24.5 Å². The van der Waals surface area contributed by atoms with Crippen molar-refractivity contribution in [1.29, 1.82) is 0 Å². The number of carboxylic acid groups (broad SMARTS) is 1. The van der Waals surface area contributed by atoms with Crippen molar-refractivity contribution in [3.63, 3.8) is 0 Å². The van der Waals surface area contributed by atoms with Crippen LogP contribution in [-0.2, 0) is 16.0 Å². The Kier molecular flexibility index (Phi) is 5.91. The maximum atomic E-state index is 13.3. The minimum absolute atomic E-state index is 0.0818. The maximum absolute atomic E-state index is 13.3. The predicted molar refractivity (Wildman–Crippen MR) is 100 cm³/mol. The fraction of sp³-hybridized carbons (Fsp3) is 0.450. The maximum Gasteiger partial charge on any atom is 0.305 e. The van der Waals surface area contributed by atoms with E-state index in [0.717, 1.165) is 17.8 Å². The van der Waals surface area contributed by atoms with Gasteiger partial charge in [0.15, 0.2) is 0 Å². The van der Waals surface area contributed by atoms with Gasteiger partial charge in [-0.05, 0) is 25.0 Å². The van der Waals surface area contributed by atoms with E-state index in [1.165, 1.54) is 0 Å². The molecule has 0 saturated carbocycles. The van der Waals surface area contributed by atoms with E-state index in [1.54, 1.807) is 22.9 Å². The number of likely N-dealkylation sites (tertiary alicyclic amines) is 1. The lowest BCUT2D eigenvalue weighted by molar-refractivity contribution is -0.137. The molecule has 1 aliphatic heterocycles. The number of methoxy groups -OCH3 is 1. The van der Waals surface area contributed by atoms with Crippen LogP contribution in [0.3, 0.4) is 0 Å². The minimum atomic E-state index is -0.914. The molecular weight excluding hydrogens is 346 g/mol. The Hall–Kier alpha value is -2.67. The van der Waals surface area contributed by atoms with Crippen LogP contribution >= 0.6 is 0 Å². The molecule has 2 heterocycles. The Bertz CT molecular complexity index is 803. The lowest BCUT2D eigenvalue weighted by Gasteiger charge is -2.23. The van der Waals surface area contributed by atoms with Crippen LogP contribution < -0.4 is 0 Å². The highest BCUT2D eigenvalue weighted by Crippen LogP contribution is 2.27. The number of benzene rings is 1. The lowest BCUT2D eigenvalue weighted by Crippen LogP contribution is -2.37. The van der Waals surface area contributed by atoms with Crippen LogP contribution in [0, 0.1) is 0 Å². The number of nitrogens with zero attached hydrogens (tertiary/aromatic N) is 3. The summed E-state index contributed by atoms with van der Waals surface area (Å²) in [4.78, 5) is 26.1. The highest BCUT2D eigenvalue weighted by molar-refractivity contribution is 5.96. The predicted octanol–water partition coefficient (Wildman–Crippen LogP) is 2.53. The van der Waals surface area contributed by atoms with E-state index in [2.05, 4.69) is 12.0 Å². The fourth-order valence-electron chi connectivity index (χ4n) is 3.66. The van der Waals surface area contributed by atoms with Crippen LogP contribution in [0.1, 0.15) is 42.2 Å². The molecular formula is C20H25N3O4. The number of aromatic nitrogens is 2. The van der Waals surface area contributed by atoms with Crippen LogP contribution in [0.25, 0.3) is 5.69 Å². The van der Waals surface area contributed by atoms with Gasteiger partial charge in [0.25, 0.3) is 5.91 Å². The summed E-state index contributed by atoms with van der Waals surface area (Å²) in [6.07, 6.45) is 3.49. The first kappa shape index (κ1) is 19.1. The molecule has 0 radical (unpaired) electrons. The molecule has 0 spiro atoms. The van der Waals surface area contributed by atoms with Crippen molar-refractivity contribution in [2.24, 2.45) is 0 Å². The highest BCUT2D eigenvalue weighted by atomic mass is 16.5. The molecule has 1 N–H and O–H groups in total. The van der Waals surface area contributed by atoms with E-state index in [4.69, 9.17) is 4.74 Å². The van der Waals surface area contributed by atoms with Crippen LogP contribution in [-0.4, -0.2) is 57.5 Å². The number of carboxylic acids is 1. The molecule has 0 bridgehead atoms. The van der Waals surface area contributed by atoms with Crippen molar-refractivity contribution < 1.29 is 19.4 Å². The normalized spacial score (nSPS) is 19.4. The molecule has 7 nitrogen and oxygen atoms in total. The molecule has 1 amide bonds. The Balaban J connectivity index is 1.94. The third-order valence-corrected chi connectivity index (χ3v) is 4.97. The van der Waals surface area contributed by atoms with Gasteiger partial charge < -0.3 is 14.7 Å². The number of hydrogen-bond donors (Lipinski definition) is 1. The summed E-state index contributed by atoms with van der Waals surface area (Å²) in [6.45, 7) is 2.45. The topological polar surface area (TPSA) is 84.7 Å². The summed E-state index contributed by atoms with van der Waals surface area (Å²) < 4.78 is 7.18. The lowest BCUT2D eigenvalue weighted by atomic mass is 10.1. The van der Waals surface area contributed by atoms with Crippen LogP contribution in [0.15, 0.2) is 36.5 Å². The Morgan fingerprint density at radius 1 is 1.30 bits per heavy atom. The molecule has 1 fully saturated rings. The molecule has 1 aliphatic rings. The second-order valence-electron chi connectivity index (χ2n) is 6.80. The first-order valence-electron chi connectivity index (χ1n) is 9.23. The van der Waals surface area contributed by atoms with Crippen molar-refractivity contribution >= 4 is 11.9 Å². The first-order chi connectivity index (χ1) is 13.0. The number of ether oxygens (including phenoxy) is 1. The minimum Gasteiger partial charge on any atom is -0.481 e. The first-order valence-corrected chi connectivity index (χ1v) is 9.23. The van der Waals surface area contributed by atoms with Gasteiger partial charge in [-0.25, -0.2) is 4.68 Å². The number of carbonyl (C=O) groups is 2. The van der Waals surface area contributed by atoms with E-state index in [1.807, 2.05) is 30.3 Å². The molecule has 2 aromatic rings. The molecule has 144 valence electrons. The van der Waals surface area contributed by atoms with Crippen LogP contribution in [0.4, 0.5) is 0 Å². The number of para-hydroxylation sites is 1. The molecule has 7 heteroatoms. The molecule has 2 atom stereocenters. The third kappa shape index (κ3) is 4.03. The Labute approximate surface area is 158 Å². The van der Waals surface area contributed by atoms with Gasteiger partial charge in [0.2, 0.25) is 0 Å². The quantitative estimate of drug-likeness (QED) is 0.808. The Morgan fingerprint density at radius 2 is 2.04 bits per heavy atom. The Morgan fingerprint density at radius 3 is 2.67 bits per heavy atom. The van der Waals surface area contributed by atoms with Gasteiger partial charge in [-0.15, -0.1) is 0 Å². The van der Waals surface area contributed by atoms with Crippen LogP contribution in [0.5, 0.6) is 0 Å². The highest BCUT2D eigenvalue weighted by Gasteiger charge is 2.38. The van der Waals surface area contributed by atoms with Gasteiger partial charge in [-0.1, -0.05) is 31.5 Å². The molecule has 3 rings (SSSR count). The summed E-state index contributed by atoms with van der Waals surface area (Å²) in [5.41, 5.74) is 2.29. The average molecular weight is 371 g/mol. The van der Waals surface area contributed by atoms with Gasteiger partial charge in [-0.3, -0.25) is 9.59 Å². The third-order valence-electron chi connectivity index (χ3n) is 4.97. The molecule has 0 aliphatic carbocycles. The number of rotatable bonds is 7. The smallest absolute Gasteiger partial charge is 0.305 e. The van der Waals surface area contributed by atoms with Crippen molar-refractivity contribution in [1.82, 2.24) is 14.7 Å². The monoisotopic (exact) mass is 371 g/mol. The zero-order valence-corrected chi connectivity index (χ0v) is 15.7. The largest absolute Gasteiger partial charge is 0.481 e. The molecule has 1 aromatic carbocycles. The van der Waals surface area contributed by atoms with E-state index < -0.39 is 5.97 Å². The van der Waals surface area contributed by atoms with E-state index >= 15 is 0 Å².